The Labute approximate surface area is 127 Å². The van der Waals surface area contributed by atoms with Crippen LogP contribution >= 0.6 is 11.8 Å². The highest BCUT2D eigenvalue weighted by molar-refractivity contribution is 7.99. The van der Waals surface area contributed by atoms with E-state index in [2.05, 4.69) is 9.97 Å². The third kappa shape index (κ3) is 7.14. The minimum Gasteiger partial charge on any atom is -0.463 e. The number of nitrogens with zero attached hydrogens (tertiary/aromatic N) is 1. The number of aromatic amines is 1. The Balaban J connectivity index is 2.22. The van der Waals surface area contributed by atoms with E-state index in [0.29, 0.717) is 25.0 Å². The van der Waals surface area contributed by atoms with Crippen LogP contribution in [0.4, 0.5) is 0 Å². The van der Waals surface area contributed by atoms with Gasteiger partial charge in [-0.15, -0.1) is 0 Å². The maximum atomic E-state index is 11.5. The number of carbonyl (C=O) groups excluding carboxylic acids is 2. The molecule has 0 unspecified atom stereocenters. The summed E-state index contributed by atoms with van der Waals surface area (Å²) in [5.41, 5.74) is 0.265. The van der Waals surface area contributed by atoms with E-state index >= 15 is 0 Å². The van der Waals surface area contributed by atoms with E-state index in [1.165, 1.54) is 6.20 Å². The van der Waals surface area contributed by atoms with Gasteiger partial charge in [0.15, 0.2) is 5.16 Å². The van der Waals surface area contributed by atoms with Gasteiger partial charge in [0.25, 0.3) is 0 Å². The molecule has 0 fully saturated rings. The molecule has 118 valence electrons. The number of esters is 2. The highest BCUT2D eigenvalue weighted by Gasteiger charge is 2.12. The monoisotopic (exact) mass is 316 g/mol. The fourth-order valence-electron chi connectivity index (χ4n) is 1.32. The van der Waals surface area contributed by atoms with Gasteiger partial charge in [0.05, 0.1) is 25.2 Å². The molecule has 1 aromatic heterocycles. The van der Waals surface area contributed by atoms with Gasteiger partial charge in [0.1, 0.15) is 12.3 Å². The summed E-state index contributed by atoms with van der Waals surface area (Å²) in [6, 6.07) is 0. The fraction of sp³-hybridized carbons (Fsp3) is 0.615. The Morgan fingerprint density at radius 1 is 1.24 bits per heavy atom. The molecule has 0 aliphatic rings. The molecule has 0 saturated carbocycles. The molecule has 0 amide bonds. The summed E-state index contributed by atoms with van der Waals surface area (Å²) in [6.07, 6.45) is 2.31. The van der Waals surface area contributed by atoms with Crippen molar-refractivity contribution < 1.29 is 23.8 Å². The Morgan fingerprint density at radius 3 is 2.76 bits per heavy atom. The minimum absolute atomic E-state index is 0.115. The summed E-state index contributed by atoms with van der Waals surface area (Å²) in [6.45, 7) is 5.34. The van der Waals surface area contributed by atoms with Crippen molar-refractivity contribution in [2.45, 2.75) is 25.4 Å². The predicted octanol–water partition coefficient (Wildman–Crippen LogP) is 1.65. The lowest BCUT2D eigenvalue weighted by Crippen LogP contribution is -2.12. The molecule has 8 heteroatoms. The van der Waals surface area contributed by atoms with Gasteiger partial charge in [0.2, 0.25) is 0 Å². The van der Waals surface area contributed by atoms with Gasteiger partial charge in [0, 0.05) is 6.61 Å². The van der Waals surface area contributed by atoms with Crippen molar-refractivity contribution in [1.29, 1.82) is 0 Å². The lowest BCUT2D eigenvalue weighted by atomic mass is 10.5. The van der Waals surface area contributed by atoms with Crippen LogP contribution in [-0.2, 0) is 19.0 Å². The van der Waals surface area contributed by atoms with Crippen molar-refractivity contribution in [3.63, 3.8) is 0 Å². The van der Waals surface area contributed by atoms with Gasteiger partial charge < -0.3 is 19.2 Å². The maximum absolute atomic E-state index is 11.5. The Morgan fingerprint density at radius 2 is 2.05 bits per heavy atom. The van der Waals surface area contributed by atoms with Crippen LogP contribution in [0.15, 0.2) is 11.4 Å². The van der Waals surface area contributed by atoms with Crippen LogP contribution < -0.4 is 0 Å². The molecule has 1 rings (SSSR count). The first-order valence-electron chi connectivity index (χ1n) is 6.75. The van der Waals surface area contributed by atoms with Crippen molar-refractivity contribution >= 4 is 23.7 Å². The second-order valence-electron chi connectivity index (χ2n) is 3.94. The van der Waals surface area contributed by atoms with Crippen LogP contribution in [0.3, 0.4) is 0 Å². The molecule has 1 heterocycles. The van der Waals surface area contributed by atoms with Crippen LogP contribution in [0.25, 0.3) is 0 Å². The summed E-state index contributed by atoms with van der Waals surface area (Å²) in [5.74, 6) is -0.703. The number of aromatic nitrogens is 2. The number of ether oxygens (including phenoxy) is 3. The molecule has 7 nitrogen and oxygen atoms in total. The second kappa shape index (κ2) is 10.2. The zero-order chi connectivity index (χ0) is 15.5. The highest BCUT2D eigenvalue weighted by atomic mass is 32.2. The molecular weight excluding hydrogens is 296 g/mol. The van der Waals surface area contributed by atoms with Crippen LogP contribution in [0.1, 0.15) is 30.8 Å². The molecule has 1 aromatic rings. The van der Waals surface area contributed by atoms with Gasteiger partial charge in [-0.25, -0.2) is 9.78 Å². The molecule has 1 N–H and O–H groups in total. The summed E-state index contributed by atoms with van der Waals surface area (Å²) >= 11 is 1.16. The average Bonchev–Trinajstić information content (AvgIpc) is 2.94. The molecule has 0 aliphatic carbocycles. The van der Waals surface area contributed by atoms with E-state index in [-0.39, 0.29) is 24.0 Å². The normalized spacial score (nSPS) is 10.4. The zero-order valence-corrected chi connectivity index (χ0v) is 13.0. The SMILES string of the molecule is CCCOCCOC(=O)CSc1ncc(C(=O)OCC)[nH]1. The number of carbonyl (C=O) groups is 2. The van der Waals surface area contributed by atoms with Crippen molar-refractivity contribution in [3.8, 4) is 0 Å². The number of hydrogen-bond donors (Lipinski definition) is 1. The Bertz CT molecular complexity index is 450. The van der Waals surface area contributed by atoms with Crippen LogP contribution in [0, 0.1) is 0 Å². The van der Waals surface area contributed by atoms with Gasteiger partial charge in [-0.1, -0.05) is 18.7 Å². The number of thioether (sulfide) groups is 1. The molecule has 0 radical (unpaired) electrons. The quantitative estimate of drug-likeness (QED) is 0.399. The minimum atomic E-state index is -0.465. The van der Waals surface area contributed by atoms with E-state index < -0.39 is 5.97 Å². The molecule has 0 spiro atoms. The number of imidazole rings is 1. The van der Waals surface area contributed by atoms with Crippen molar-refractivity contribution in [3.05, 3.63) is 11.9 Å². The Kier molecular flexibility index (Phi) is 8.53. The summed E-state index contributed by atoms with van der Waals surface area (Å²) in [4.78, 5) is 29.6. The number of H-pyrrole nitrogens is 1. The molecule has 0 aromatic carbocycles. The summed E-state index contributed by atoms with van der Waals surface area (Å²) < 4.78 is 15.0. The molecule has 0 bridgehead atoms. The first kappa shape index (κ1) is 17.5. The van der Waals surface area contributed by atoms with Gasteiger partial charge in [-0.05, 0) is 13.3 Å². The number of hydrogen-bond acceptors (Lipinski definition) is 7. The smallest absolute Gasteiger partial charge is 0.356 e. The van der Waals surface area contributed by atoms with E-state index in [1.54, 1.807) is 6.92 Å². The third-order valence-electron chi connectivity index (χ3n) is 2.21. The lowest BCUT2D eigenvalue weighted by molar-refractivity contribution is -0.141. The number of nitrogens with one attached hydrogen (secondary N) is 1. The number of rotatable bonds is 10. The lowest BCUT2D eigenvalue weighted by Gasteiger charge is -2.04. The van der Waals surface area contributed by atoms with Gasteiger partial charge in [-0.3, -0.25) is 4.79 Å². The van der Waals surface area contributed by atoms with E-state index in [0.717, 1.165) is 18.2 Å². The molecule has 21 heavy (non-hydrogen) atoms. The highest BCUT2D eigenvalue weighted by Crippen LogP contribution is 2.14. The molecule has 0 saturated heterocycles. The van der Waals surface area contributed by atoms with E-state index in [1.807, 2.05) is 6.92 Å². The summed E-state index contributed by atoms with van der Waals surface area (Å²) in [5, 5.41) is 0.470. The average molecular weight is 316 g/mol. The van der Waals surface area contributed by atoms with E-state index in [4.69, 9.17) is 14.2 Å². The largest absolute Gasteiger partial charge is 0.463 e. The van der Waals surface area contributed by atoms with Crippen molar-refractivity contribution in [1.82, 2.24) is 9.97 Å². The fourth-order valence-corrected chi connectivity index (χ4v) is 1.97. The predicted molar refractivity (Wildman–Crippen MR) is 77.3 cm³/mol. The van der Waals surface area contributed by atoms with Crippen molar-refractivity contribution in [2.75, 3.05) is 32.2 Å². The maximum Gasteiger partial charge on any atom is 0.356 e. The topological polar surface area (TPSA) is 90.5 Å². The molecule has 0 atom stereocenters. The molecule has 0 aliphatic heterocycles. The third-order valence-corrected chi connectivity index (χ3v) is 3.07. The van der Waals surface area contributed by atoms with Gasteiger partial charge in [-0.2, -0.15) is 0 Å². The van der Waals surface area contributed by atoms with E-state index in [9.17, 15) is 9.59 Å². The van der Waals surface area contributed by atoms with Crippen LogP contribution in [0.5, 0.6) is 0 Å². The standard InChI is InChI=1S/C13H20N2O5S/c1-3-5-18-6-7-20-11(16)9-21-13-14-8-10(15-13)12(17)19-4-2/h8H,3-7,9H2,1-2H3,(H,14,15). The molecular formula is C13H20N2O5S. The second-order valence-corrected chi connectivity index (χ2v) is 4.91. The first-order valence-corrected chi connectivity index (χ1v) is 7.74. The summed E-state index contributed by atoms with van der Waals surface area (Å²) in [7, 11) is 0. The first-order chi connectivity index (χ1) is 10.2. The van der Waals surface area contributed by atoms with Crippen LogP contribution in [-0.4, -0.2) is 54.1 Å². The Hall–Kier alpha value is -1.54. The van der Waals surface area contributed by atoms with Gasteiger partial charge >= 0.3 is 11.9 Å². The van der Waals surface area contributed by atoms with Crippen LogP contribution in [0.2, 0.25) is 0 Å². The zero-order valence-electron chi connectivity index (χ0n) is 12.2. The van der Waals surface area contributed by atoms with Crippen molar-refractivity contribution in [2.24, 2.45) is 0 Å².